The molecule has 2 saturated heterocycles. The average molecular weight is 262 g/mol. The van der Waals surface area contributed by atoms with Crippen LogP contribution in [0.1, 0.15) is 25.7 Å². The minimum atomic E-state index is 0.664. The van der Waals surface area contributed by atoms with Crippen LogP contribution < -0.4 is 10.2 Å². The number of thioether (sulfide) groups is 1. The van der Waals surface area contributed by atoms with Crippen LogP contribution in [0.25, 0.3) is 0 Å². The number of benzene rings is 1. The summed E-state index contributed by atoms with van der Waals surface area (Å²) in [5.41, 5.74) is 2.69. The minimum absolute atomic E-state index is 0.664. The van der Waals surface area contributed by atoms with Gasteiger partial charge in [-0.05, 0) is 49.6 Å². The van der Waals surface area contributed by atoms with E-state index in [4.69, 9.17) is 0 Å². The first-order valence-electron chi connectivity index (χ1n) is 7.11. The number of rotatable bonds is 3. The Labute approximate surface area is 114 Å². The molecular weight excluding hydrogens is 240 g/mol. The van der Waals surface area contributed by atoms with Crippen LogP contribution in [-0.4, -0.2) is 30.6 Å². The Morgan fingerprint density at radius 3 is 2.83 bits per heavy atom. The van der Waals surface area contributed by atoms with E-state index < -0.39 is 0 Å². The maximum absolute atomic E-state index is 3.70. The predicted octanol–water partition coefficient (Wildman–Crippen LogP) is 3.59. The first-order chi connectivity index (χ1) is 8.92. The van der Waals surface area contributed by atoms with Crippen LogP contribution in [0.3, 0.4) is 0 Å². The first-order valence-corrected chi connectivity index (χ1v) is 8.26. The van der Waals surface area contributed by atoms with E-state index in [2.05, 4.69) is 46.2 Å². The van der Waals surface area contributed by atoms with Gasteiger partial charge in [-0.3, -0.25) is 0 Å². The Hall–Kier alpha value is -0.830. The maximum Gasteiger partial charge on any atom is 0.0386 e. The summed E-state index contributed by atoms with van der Waals surface area (Å²) in [7, 11) is 0. The highest BCUT2D eigenvalue weighted by molar-refractivity contribution is 7.99. The van der Waals surface area contributed by atoms with Crippen LogP contribution in [0.2, 0.25) is 0 Å². The fourth-order valence-electron chi connectivity index (χ4n) is 2.86. The molecule has 18 heavy (non-hydrogen) atoms. The second-order valence-corrected chi connectivity index (χ2v) is 6.45. The fourth-order valence-corrected chi connectivity index (χ4v) is 3.93. The second-order valence-electron chi connectivity index (χ2n) is 5.30. The Morgan fingerprint density at radius 1 is 1.17 bits per heavy atom. The molecule has 1 aromatic carbocycles. The Balaban J connectivity index is 1.66. The molecule has 3 rings (SSSR count). The Bertz CT molecular complexity index is 382. The van der Waals surface area contributed by atoms with E-state index in [0.29, 0.717) is 6.04 Å². The van der Waals surface area contributed by atoms with Gasteiger partial charge in [0.25, 0.3) is 0 Å². The molecule has 1 N–H and O–H groups in total. The van der Waals surface area contributed by atoms with Crippen LogP contribution in [0, 0.1) is 0 Å². The van der Waals surface area contributed by atoms with Crippen molar-refractivity contribution in [3.8, 4) is 0 Å². The molecule has 1 atom stereocenters. The SMILES string of the molecule is c1cc(NC2CCCSC2)cc(N2CCCC2)c1. The van der Waals surface area contributed by atoms with E-state index in [9.17, 15) is 0 Å². The highest BCUT2D eigenvalue weighted by Gasteiger charge is 2.15. The van der Waals surface area contributed by atoms with Crippen molar-refractivity contribution in [2.75, 3.05) is 34.8 Å². The zero-order chi connectivity index (χ0) is 12.2. The lowest BCUT2D eigenvalue weighted by Gasteiger charge is -2.25. The van der Waals surface area contributed by atoms with Crippen LogP contribution in [0.5, 0.6) is 0 Å². The zero-order valence-electron chi connectivity index (χ0n) is 10.9. The Morgan fingerprint density at radius 2 is 2.06 bits per heavy atom. The molecule has 3 heteroatoms. The Kier molecular flexibility index (Phi) is 3.99. The molecule has 0 amide bonds. The average Bonchev–Trinajstić information content (AvgIpc) is 2.94. The molecule has 0 aromatic heterocycles. The molecule has 2 heterocycles. The summed E-state index contributed by atoms with van der Waals surface area (Å²) < 4.78 is 0. The molecule has 2 nitrogen and oxygen atoms in total. The van der Waals surface area contributed by atoms with Gasteiger partial charge in [-0.15, -0.1) is 0 Å². The highest BCUT2D eigenvalue weighted by atomic mass is 32.2. The highest BCUT2D eigenvalue weighted by Crippen LogP contribution is 2.25. The predicted molar refractivity (Wildman–Crippen MR) is 81.9 cm³/mol. The molecule has 2 fully saturated rings. The first kappa shape index (κ1) is 12.2. The van der Waals surface area contributed by atoms with E-state index in [-0.39, 0.29) is 0 Å². The van der Waals surface area contributed by atoms with Gasteiger partial charge in [-0.1, -0.05) is 6.07 Å². The van der Waals surface area contributed by atoms with E-state index in [1.165, 1.54) is 61.7 Å². The summed E-state index contributed by atoms with van der Waals surface area (Å²) in [5.74, 6) is 2.60. The van der Waals surface area contributed by atoms with Crippen LogP contribution in [0.15, 0.2) is 24.3 Å². The maximum atomic E-state index is 3.70. The molecule has 2 aliphatic rings. The van der Waals surface area contributed by atoms with Gasteiger partial charge in [0.05, 0.1) is 0 Å². The van der Waals surface area contributed by atoms with Crippen LogP contribution in [-0.2, 0) is 0 Å². The molecule has 0 aliphatic carbocycles. The van der Waals surface area contributed by atoms with Gasteiger partial charge in [0.1, 0.15) is 0 Å². The summed E-state index contributed by atoms with van der Waals surface area (Å²) >= 11 is 2.08. The van der Waals surface area contributed by atoms with Gasteiger partial charge in [-0.25, -0.2) is 0 Å². The van der Waals surface area contributed by atoms with E-state index in [1.807, 2.05) is 0 Å². The molecular formula is C15H22N2S. The van der Waals surface area contributed by atoms with Crippen molar-refractivity contribution in [1.82, 2.24) is 0 Å². The van der Waals surface area contributed by atoms with E-state index in [1.54, 1.807) is 0 Å². The summed E-state index contributed by atoms with van der Waals surface area (Å²) in [6.07, 6.45) is 5.36. The van der Waals surface area contributed by atoms with Gasteiger partial charge in [-0.2, -0.15) is 11.8 Å². The van der Waals surface area contributed by atoms with Gasteiger partial charge >= 0.3 is 0 Å². The third-order valence-electron chi connectivity index (χ3n) is 3.85. The summed E-state index contributed by atoms with van der Waals surface area (Å²) in [6, 6.07) is 9.62. The van der Waals surface area contributed by atoms with Crippen LogP contribution >= 0.6 is 11.8 Å². The zero-order valence-corrected chi connectivity index (χ0v) is 11.7. The van der Waals surface area contributed by atoms with Gasteiger partial charge in [0, 0.05) is 36.3 Å². The smallest absolute Gasteiger partial charge is 0.0386 e. The van der Waals surface area contributed by atoms with Crippen molar-refractivity contribution in [3.05, 3.63) is 24.3 Å². The van der Waals surface area contributed by atoms with Crippen molar-refractivity contribution in [3.63, 3.8) is 0 Å². The van der Waals surface area contributed by atoms with Gasteiger partial charge in [0.15, 0.2) is 0 Å². The largest absolute Gasteiger partial charge is 0.381 e. The number of nitrogens with zero attached hydrogens (tertiary/aromatic N) is 1. The van der Waals surface area contributed by atoms with Gasteiger partial charge < -0.3 is 10.2 Å². The lowest BCUT2D eigenvalue weighted by Crippen LogP contribution is -2.26. The second kappa shape index (κ2) is 5.87. The lowest BCUT2D eigenvalue weighted by atomic mass is 10.1. The third-order valence-corrected chi connectivity index (χ3v) is 5.06. The number of hydrogen-bond donors (Lipinski definition) is 1. The topological polar surface area (TPSA) is 15.3 Å². The summed E-state index contributed by atoms with van der Waals surface area (Å²) in [4.78, 5) is 2.50. The third kappa shape index (κ3) is 2.94. The molecule has 1 unspecified atom stereocenters. The normalized spacial score (nSPS) is 24.2. The van der Waals surface area contributed by atoms with Crippen molar-refractivity contribution in [2.24, 2.45) is 0 Å². The molecule has 2 aliphatic heterocycles. The monoisotopic (exact) mass is 262 g/mol. The summed E-state index contributed by atoms with van der Waals surface area (Å²) in [5, 5.41) is 3.70. The minimum Gasteiger partial charge on any atom is -0.381 e. The standard InChI is InChI=1S/C15H22N2S/c1-2-9-17(8-1)15-7-3-5-13(11-15)16-14-6-4-10-18-12-14/h3,5,7,11,14,16H,1-2,4,6,8-10,12H2. The van der Waals surface area contributed by atoms with Crippen molar-refractivity contribution in [2.45, 2.75) is 31.7 Å². The summed E-state index contributed by atoms with van der Waals surface area (Å²) in [6.45, 7) is 2.45. The van der Waals surface area contributed by atoms with E-state index in [0.717, 1.165) is 0 Å². The van der Waals surface area contributed by atoms with Crippen molar-refractivity contribution < 1.29 is 0 Å². The molecule has 0 bridgehead atoms. The molecule has 0 radical (unpaired) electrons. The molecule has 0 saturated carbocycles. The number of nitrogens with one attached hydrogen (secondary N) is 1. The van der Waals surface area contributed by atoms with Gasteiger partial charge in [0.2, 0.25) is 0 Å². The van der Waals surface area contributed by atoms with Crippen molar-refractivity contribution >= 4 is 23.1 Å². The molecule has 98 valence electrons. The quantitative estimate of drug-likeness (QED) is 0.896. The number of hydrogen-bond acceptors (Lipinski definition) is 3. The number of anilines is 2. The molecule has 0 spiro atoms. The fraction of sp³-hybridized carbons (Fsp3) is 0.600. The lowest BCUT2D eigenvalue weighted by molar-refractivity contribution is 0.685. The van der Waals surface area contributed by atoms with Crippen LogP contribution in [0.4, 0.5) is 11.4 Å². The van der Waals surface area contributed by atoms with Crippen molar-refractivity contribution in [1.29, 1.82) is 0 Å². The van der Waals surface area contributed by atoms with E-state index >= 15 is 0 Å². The molecule has 1 aromatic rings.